The van der Waals surface area contributed by atoms with Crippen LogP contribution < -0.4 is 4.90 Å². The Hall–Kier alpha value is -7.42. The van der Waals surface area contributed by atoms with E-state index >= 15 is 0 Å². The molecule has 0 bridgehead atoms. The molecule has 0 unspecified atom stereocenters. The van der Waals surface area contributed by atoms with Crippen LogP contribution in [0.15, 0.2) is 217 Å². The first-order valence-electron chi connectivity index (χ1n) is 19.2. The number of hydrogen-bond acceptors (Lipinski definition) is 2. The highest BCUT2D eigenvalue weighted by Crippen LogP contribution is 2.43. The molecule has 0 atom stereocenters. The van der Waals surface area contributed by atoms with Gasteiger partial charge in [-0.2, -0.15) is 0 Å². The molecule has 0 saturated heterocycles. The topological polar surface area (TPSA) is 16.4 Å². The van der Waals surface area contributed by atoms with E-state index in [1.54, 1.807) is 0 Å². The zero-order valence-corrected chi connectivity index (χ0v) is 30.6. The Kier molecular flexibility index (Phi) is 7.53. The Morgan fingerprint density at radius 2 is 0.839 bits per heavy atom. The molecule has 11 aromatic rings. The Labute approximate surface area is 325 Å². The van der Waals surface area contributed by atoms with E-state index in [2.05, 4.69) is 205 Å². The van der Waals surface area contributed by atoms with Crippen LogP contribution in [0.2, 0.25) is 0 Å². The molecule has 0 fully saturated rings. The van der Waals surface area contributed by atoms with E-state index in [-0.39, 0.29) is 0 Å². The largest absolute Gasteiger partial charge is 0.455 e. The van der Waals surface area contributed by atoms with Crippen LogP contribution in [0, 0.1) is 0 Å². The summed E-state index contributed by atoms with van der Waals surface area (Å²) in [5.74, 6) is 0. The maximum absolute atomic E-state index is 6.43. The molecule has 0 aliphatic heterocycles. The summed E-state index contributed by atoms with van der Waals surface area (Å²) in [5, 5.41) is 9.69. The van der Waals surface area contributed by atoms with Crippen molar-refractivity contribution in [3.63, 3.8) is 0 Å². The molecular formula is C54H35NO. The van der Waals surface area contributed by atoms with Gasteiger partial charge in [-0.3, -0.25) is 0 Å². The lowest BCUT2D eigenvalue weighted by atomic mass is 9.97. The second-order valence-corrected chi connectivity index (χ2v) is 14.5. The Balaban J connectivity index is 1.000. The summed E-state index contributed by atoms with van der Waals surface area (Å²) >= 11 is 0. The van der Waals surface area contributed by atoms with Crippen molar-refractivity contribution >= 4 is 71.3 Å². The molecule has 11 rings (SSSR count). The fraction of sp³-hybridized carbons (Fsp3) is 0. The molecule has 0 radical (unpaired) electrons. The van der Waals surface area contributed by atoms with Gasteiger partial charge in [-0.25, -0.2) is 0 Å². The Bertz CT molecular complexity index is 3230. The highest BCUT2D eigenvalue weighted by Gasteiger charge is 2.18. The van der Waals surface area contributed by atoms with Gasteiger partial charge in [-0.1, -0.05) is 170 Å². The number of fused-ring (bicyclic) bond motifs is 7. The molecule has 0 amide bonds. The minimum atomic E-state index is 0.908. The van der Waals surface area contributed by atoms with E-state index in [0.717, 1.165) is 50.1 Å². The van der Waals surface area contributed by atoms with Crippen molar-refractivity contribution in [2.45, 2.75) is 0 Å². The summed E-state index contributed by atoms with van der Waals surface area (Å²) in [7, 11) is 0. The Morgan fingerprint density at radius 3 is 1.61 bits per heavy atom. The maximum atomic E-state index is 6.43. The zero-order chi connectivity index (χ0) is 37.0. The van der Waals surface area contributed by atoms with E-state index in [9.17, 15) is 0 Å². The molecule has 0 spiro atoms. The lowest BCUT2D eigenvalue weighted by Gasteiger charge is -2.28. The second-order valence-electron chi connectivity index (χ2n) is 14.5. The summed E-state index contributed by atoms with van der Waals surface area (Å²) in [6, 6.07) is 76.5. The molecule has 10 aromatic carbocycles. The molecular weight excluding hydrogens is 679 g/mol. The first-order chi connectivity index (χ1) is 27.7. The van der Waals surface area contributed by atoms with Gasteiger partial charge < -0.3 is 9.32 Å². The predicted molar refractivity (Wildman–Crippen MR) is 237 cm³/mol. The van der Waals surface area contributed by atoms with E-state index in [1.807, 2.05) is 12.1 Å². The fourth-order valence-corrected chi connectivity index (χ4v) is 8.44. The van der Waals surface area contributed by atoms with Crippen molar-refractivity contribution in [2.24, 2.45) is 0 Å². The third kappa shape index (κ3) is 5.42. The van der Waals surface area contributed by atoms with Crippen LogP contribution in [0.3, 0.4) is 0 Å². The van der Waals surface area contributed by atoms with Crippen molar-refractivity contribution < 1.29 is 4.42 Å². The standard InChI is InChI=1S/C54H35NO/c1-2-11-43-35-44(26-23-36(43)9-1)39-21-19-37(20-22-39)38-27-31-45(32-28-38)55(51-17-7-12-42-25-24-40-10-3-4-13-47(40)53(42)51)46-33-29-41(30-34-46)48-15-8-16-50-49-14-5-6-18-52(49)56-54(48)50/h1-35H. The van der Waals surface area contributed by atoms with Crippen LogP contribution in [0.5, 0.6) is 0 Å². The van der Waals surface area contributed by atoms with Crippen LogP contribution in [0.1, 0.15) is 0 Å². The molecule has 262 valence electrons. The number of benzene rings is 10. The average molecular weight is 714 g/mol. The first kappa shape index (κ1) is 32.0. The van der Waals surface area contributed by atoms with Crippen LogP contribution in [0.4, 0.5) is 17.1 Å². The van der Waals surface area contributed by atoms with Crippen molar-refractivity contribution in [2.75, 3.05) is 4.90 Å². The van der Waals surface area contributed by atoms with Crippen LogP contribution in [0.25, 0.3) is 87.6 Å². The number of para-hydroxylation sites is 2. The van der Waals surface area contributed by atoms with Crippen molar-refractivity contribution in [3.8, 4) is 33.4 Å². The number of furan rings is 1. The normalized spacial score (nSPS) is 11.6. The maximum Gasteiger partial charge on any atom is 0.143 e. The van der Waals surface area contributed by atoms with Gasteiger partial charge in [0.15, 0.2) is 0 Å². The minimum absolute atomic E-state index is 0.908. The number of anilines is 3. The van der Waals surface area contributed by atoms with Crippen molar-refractivity contribution in [1.29, 1.82) is 0 Å². The zero-order valence-electron chi connectivity index (χ0n) is 30.6. The smallest absolute Gasteiger partial charge is 0.143 e. The molecule has 56 heavy (non-hydrogen) atoms. The summed E-state index contributed by atoms with van der Waals surface area (Å²) in [6.07, 6.45) is 0. The molecule has 0 aliphatic rings. The fourth-order valence-electron chi connectivity index (χ4n) is 8.44. The third-order valence-electron chi connectivity index (χ3n) is 11.3. The van der Waals surface area contributed by atoms with Crippen LogP contribution >= 0.6 is 0 Å². The summed E-state index contributed by atoms with van der Waals surface area (Å²) < 4.78 is 6.43. The first-order valence-corrected chi connectivity index (χ1v) is 19.2. The van der Waals surface area contributed by atoms with Gasteiger partial charge in [0.05, 0.1) is 5.69 Å². The summed E-state index contributed by atoms with van der Waals surface area (Å²) in [5.41, 5.74) is 12.1. The quantitative estimate of drug-likeness (QED) is 0.160. The number of rotatable bonds is 6. The van der Waals surface area contributed by atoms with E-state index < -0.39 is 0 Å². The lowest BCUT2D eigenvalue weighted by molar-refractivity contribution is 0.670. The second kappa shape index (κ2) is 13.2. The average Bonchev–Trinajstić information content (AvgIpc) is 3.66. The molecule has 2 heteroatoms. The summed E-state index contributed by atoms with van der Waals surface area (Å²) in [6.45, 7) is 0. The van der Waals surface area contributed by atoms with E-state index in [0.29, 0.717) is 0 Å². The van der Waals surface area contributed by atoms with Crippen molar-refractivity contribution in [1.82, 2.24) is 0 Å². The van der Waals surface area contributed by atoms with Gasteiger partial charge in [-0.05, 0) is 97.2 Å². The molecule has 0 saturated carbocycles. The molecule has 1 heterocycles. The van der Waals surface area contributed by atoms with Crippen molar-refractivity contribution in [3.05, 3.63) is 212 Å². The number of hydrogen-bond donors (Lipinski definition) is 0. The van der Waals surface area contributed by atoms with Gasteiger partial charge in [0, 0.05) is 33.1 Å². The highest BCUT2D eigenvalue weighted by molar-refractivity contribution is 6.15. The van der Waals surface area contributed by atoms with Gasteiger partial charge in [0.1, 0.15) is 11.2 Å². The SMILES string of the molecule is c1ccc2cc(-c3ccc(-c4ccc(N(c5ccc(-c6cccc7c6oc6ccccc67)cc5)c5cccc6ccc7ccccc7c56)cc4)cc3)ccc2c1. The van der Waals surface area contributed by atoms with Gasteiger partial charge in [0.2, 0.25) is 0 Å². The van der Waals surface area contributed by atoms with Crippen LogP contribution in [-0.2, 0) is 0 Å². The Morgan fingerprint density at radius 1 is 0.321 bits per heavy atom. The molecule has 0 N–H and O–H groups in total. The van der Waals surface area contributed by atoms with Gasteiger partial charge in [0.25, 0.3) is 0 Å². The molecule has 2 nitrogen and oxygen atoms in total. The highest BCUT2D eigenvalue weighted by atomic mass is 16.3. The van der Waals surface area contributed by atoms with Crippen LogP contribution in [-0.4, -0.2) is 0 Å². The third-order valence-corrected chi connectivity index (χ3v) is 11.3. The summed E-state index contributed by atoms with van der Waals surface area (Å²) in [4.78, 5) is 2.40. The molecule has 1 aromatic heterocycles. The minimum Gasteiger partial charge on any atom is -0.455 e. The van der Waals surface area contributed by atoms with E-state index in [4.69, 9.17) is 4.42 Å². The monoisotopic (exact) mass is 713 g/mol. The molecule has 0 aliphatic carbocycles. The lowest BCUT2D eigenvalue weighted by Crippen LogP contribution is -2.10. The number of nitrogens with zero attached hydrogens (tertiary/aromatic N) is 1. The van der Waals surface area contributed by atoms with Gasteiger partial charge >= 0.3 is 0 Å². The van der Waals surface area contributed by atoms with Gasteiger partial charge in [-0.15, -0.1) is 0 Å². The predicted octanol–water partition coefficient (Wildman–Crippen LogP) is 15.5. The van der Waals surface area contributed by atoms with E-state index in [1.165, 1.54) is 54.6 Å².